The van der Waals surface area contributed by atoms with Crippen molar-refractivity contribution in [3.8, 4) is 5.75 Å². The molecular formula is C23H29BrN2O3. The first-order valence-corrected chi connectivity index (χ1v) is 10.8. The van der Waals surface area contributed by atoms with Gasteiger partial charge in [-0.25, -0.2) is 0 Å². The molecule has 0 spiro atoms. The fraction of sp³-hybridized carbons (Fsp3) is 0.391. The zero-order valence-corrected chi connectivity index (χ0v) is 18.8. The molecule has 2 rings (SSSR count). The van der Waals surface area contributed by atoms with Crippen molar-refractivity contribution in [1.29, 1.82) is 0 Å². The van der Waals surface area contributed by atoms with Crippen LogP contribution in [0.1, 0.15) is 67.2 Å². The Kier molecular flexibility index (Phi) is 9.19. The van der Waals surface area contributed by atoms with Crippen LogP contribution in [-0.2, 0) is 0 Å². The van der Waals surface area contributed by atoms with Crippen molar-refractivity contribution in [2.24, 2.45) is 0 Å². The second kappa shape index (κ2) is 11.6. The first kappa shape index (κ1) is 22.9. The molecule has 0 saturated heterocycles. The second-order valence-corrected chi connectivity index (χ2v) is 8.09. The molecule has 2 aromatic carbocycles. The van der Waals surface area contributed by atoms with Crippen molar-refractivity contribution < 1.29 is 14.3 Å². The molecule has 0 fully saturated rings. The number of nitrogens with one attached hydrogen (secondary N) is 2. The number of carbonyl (C=O) groups is 2. The Bertz CT molecular complexity index is 837. The third-order valence-corrected chi connectivity index (χ3v) is 4.77. The Balaban J connectivity index is 2.17. The number of para-hydroxylation sites is 1. The van der Waals surface area contributed by atoms with E-state index in [1.807, 2.05) is 19.9 Å². The summed E-state index contributed by atoms with van der Waals surface area (Å²) in [6.07, 6.45) is 4.39. The summed E-state index contributed by atoms with van der Waals surface area (Å²) < 4.78 is 6.65. The lowest BCUT2D eigenvalue weighted by Crippen LogP contribution is -2.31. The van der Waals surface area contributed by atoms with Crippen molar-refractivity contribution in [3.63, 3.8) is 0 Å². The number of halogens is 1. The van der Waals surface area contributed by atoms with Crippen molar-refractivity contribution in [3.05, 3.63) is 58.1 Å². The number of carbonyl (C=O) groups excluding carboxylic acids is 2. The minimum absolute atomic E-state index is 0.00375. The van der Waals surface area contributed by atoms with Gasteiger partial charge in [0.25, 0.3) is 11.8 Å². The van der Waals surface area contributed by atoms with E-state index < -0.39 is 0 Å². The van der Waals surface area contributed by atoms with Crippen LogP contribution in [0.3, 0.4) is 0 Å². The summed E-state index contributed by atoms with van der Waals surface area (Å²) in [7, 11) is 0. The van der Waals surface area contributed by atoms with E-state index in [2.05, 4.69) is 33.5 Å². The highest BCUT2D eigenvalue weighted by atomic mass is 79.9. The molecule has 2 N–H and O–H groups in total. The average molecular weight is 461 g/mol. The van der Waals surface area contributed by atoms with E-state index in [1.165, 1.54) is 6.42 Å². The van der Waals surface area contributed by atoms with Gasteiger partial charge in [-0.2, -0.15) is 0 Å². The summed E-state index contributed by atoms with van der Waals surface area (Å²) in [6.45, 7) is 6.52. The van der Waals surface area contributed by atoms with Crippen LogP contribution in [-0.4, -0.2) is 24.5 Å². The summed E-state index contributed by atoms with van der Waals surface area (Å²) in [5.74, 6) is -0.0106. The molecule has 2 amide bonds. The number of ether oxygens (including phenoxy) is 1. The third-order valence-electron chi connectivity index (χ3n) is 4.28. The molecule has 0 atom stereocenters. The summed E-state index contributed by atoms with van der Waals surface area (Å²) in [5.41, 5.74) is 1.31. The Morgan fingerprint density at radius 2 is 1.76 bits per heavy atom. The third kappa shape index (κ3) is 7.20. The van der Waals surface area contributed by atoms with Crippen molar-refractivity contribution >= 4 is 33.4 Å². The Labute approximate surface area is 181 Å². The van der Waals surface area contributed by atoms with Gasteiger partial charge in [-0.3, -0.25) is 9.59 Å². The smallest absolute Gasteiger partial charge is 0.259 e. The lowest BCUT2D eigenvalue weighted by atomic mass is 10.1. The van der Waals surface area contributed by atoms with Gasteiger partial charge in [0, 0.05) is 10.5 Å². The number of benzene rings is 2. The molecule has 0 heterocycles. The number of hydrogen-bond donors (Lipinski definition) is 2. The Morgan fingerprint density at radius 3 is 2.48 bits per heavy atom. The van der Waals surface area contributed by atoms with Crippen LogP contribution in [0.4, 0.5) is 5.69 Å². The normalized spacial score (nSPS) is 10.7. The quantitative estimate of drug-likeness (QED) is 0.440. The maximum atomic E-state index is 13.0. The SMILES string of the molecule is CCCCCCOc1ccc(Br)cc1C(=O)Nc1ccccc1C(=O)NC(C)C. The van der Waals surface area contributed by atoms with Crippen LogP contribution in [0, 0.1) is 0 Å². The maximum Gasteiger partial charge on any atom is 0.259 e. The first-order chi connectivity index (χ1) is 13.9. The molecule has 0 aliphatic rings. The lowest BCUT2D eigenvalue weighted by Gasteiger charge is -2.15. The molecule has 0 saturated carbocycles. The molecule has 0 bridgehead atoms. The Morgan fingerprint density at radius 1 is 1.00 bits per heavy atom. The topological polar surface area (TPSA) is 67.4 Å². The molecule has 156 valence electrons. The second-order valence-electron chi connectivity index (χ2n) is 7.18. The highest BCUT2D eigenvalue weighted by molar-refractivity contribution is 9.10. The number of hydrogen-bond acceptors (Lipinski definition) is 3. The van der Waals surface area contributed by atoms with E-state index in [1.54, 1.807) is 36.4 Å². The van der Waals surface area contributed by atoms with Gasteiger partial charge >= 0.3 is 0 Å². The van der Waals surface area contributed by atoms with E-state index in [4.69, 9.17) is 4.74 Å². The zero-order valence-electron chi connectivity index (χ0n) is 17.3. The molecular weight excluding hydrogens is 432 g/mol. The number of amides is 2. The van der Waals surface area contributed by atoms with Gasteiger partial charge in [0.1, 0.15) is 5.75 Å². The first-order valence-electron chi connectivity index (χ1n) is 10.1. The van der Waals surface area contributed by atoms with E-state index in [0.29, 0.717) is 29.2 Å². The highest BCUT2D eigenvalue weighted by Crippen LogP contribution is 2.25. The van der Waals surface area contributed by atoms with Crippen LogP contribution in [0.15, 0.2) is 46.9 Å². The van der Waals surface area contributed by atoms with Crippen LogP contribution in [0.2, 0.25) is 0 Å². The van der Waals surface area contributed by atoms with E-state index in [9.17, 15) is 9.59 Å². The standard InChI is InChI=1S/C23H29BrN2O3/c1-4-5-6-9-14-29-21-13-12-17(24)15-19(21)23(28)26-20-11-8-7-10-18(20)22(27)25-16(2)3/h7-8,10-13,15-16H,4-6,9,14H2,1-3H3,(H,25,27)(H,26,28). The van der Waals surface area contributed by atoms with Gasteiger partial charge in [0.05, 0.1) is 23.4 Å². The number of unbranched alkanes of at least 4 members (excludes halogenated alkanes) is 3. The molecule has 0 aromatic heterocycles. The lowest BCUT2D eigenvalue weighted by molar-refractivity contribution is 0.0944. The molecule has 0 aliphatic heterocycles. The molecule has 29 heavy (non-hydrogen) atoms. The number of anilines is 1. The van der Waals surface area contributed by atoms with Crippen molar-refractivity contribution in [1.82, 2.24) is 5.32 Å². The molecule has 0 aliphatic carbocycles. The van der Waals surface area contributed by atoms with Crippen molar-refractivity contribution in [2.45, 2.75) is 52.5 Å². The molecule has 5 nitrogen and oxygen atoms in total. The van der Waals surface area contributed by atoms with Crippen LogP contribution in [0.5, 0.6) is 5.75 Å². The van der Waals surface area contributed by atoms with Gasteiger partial charge in [0.2, 0.25) is 0 Å². The minimum Gasteiger partial charge on any atom is -0.493 e. The fourth-order valence-electron chi connectivity index (χ4n) is 2.84. The minimum atomic E-state index is -0.320. The van der Waals surface area contributed by atoms with E-state index in [0.717, 1.165) is 23.7 Å². The Hall–Kier alpha value is -2.34. The number of rotatable bonds is 10. The van der Waals surface area contributed by atoms with Gasteiger partial charge in [-0.15, -0.1) is 0 Å². The fourth-order valence-corrected chi connectivity index (χ4v) is 3.20. The monoisotopic (exact) mass is 460 g/mol. The van der Waals surface area contributed by atoms with Crippen LogP contribution < -0.4 is 15.4 Å². The molecule has 0 radical (unpaired) electrons. The predicted molar refractivity (Wildman–Crippen MR) is 121 cm³/mol. The molecule has 2 aromatic rings. The van der Waals surface area contributed by atoms with Crippen LogP contribution >= 0.6 is 15.9 Å². The summed E-state index contributed by atoms with van der Waals surface area (Å²) >= 11 is 3.42. The summed E-state index contributed by atoms with van der Waals surface area (Å²) in [4.78, 5) is 25.4. The van der Waals surface area contributed by atoms with Crippen molar-refractivity contribution in [2.75, 3.05) is 11.9 Å². The largest absolute Gasteiger partial charge is 0.493 e. The van der Waals surface area contributed by atoms with Gasteiger partial charge in [-0.1, -0.05) is 54.2 Å². The molecule has 0 unspecified atom stereocenters. The van der Waals surface area contributed by atoms with Gasteiger partial charge in [-0.05, 0) is 50.6 Å². The summed E-state index contributed by atoms with van der Waals surface area (Å²) in [5, 5.41) is 5.71. The molecule has 6 heteroatoms. The average Bonchev–Trinajstić information content (AvgIpc) is 2.68. The van der Waals surface area contributed by atoms with Gasteiger partial charge < -0.3 is 15.4 Å². The maximum absolute atomic E-state index is 13.0. The zero-order chi connectivity index (χ0) is 21.2. The predicted octanol–water partition coefficient (Wildman–Crippen LogP) is 5.80. The van der Waals surface area contributed by atoms with E-state index in [-0.39, 0.29) is 17.9 Å². The van der Waals surface area contributed by atoms with E-state index >= 15 is 0 Å². The van der Waals surface area contributed by atoms with Crippen LogP contribution in [0.25, 0.3) is 0 Å². The highest BCUT2D eigenvalue weighted by Gasteiger charge is 2.18. The van der Waals surface area contributed by atoms with Gasteiger partial charge in [0.15, 0.2) is 0 Å². The summed E-state index contributed by atoms with van der Waals surface area (Å²) in [6, 6.07) is 12.3.